The van der Waals surface area contributed by atoms with Crippen molar-refractivity contribution in [2.24, 2.45) is 5.92 Å². The molecule has 0 aliphatic rings. The summed E-state index contributed by atoms with van der Waals surface area (Å²) in [5.74, 6) is 2.31. The van der Waals surface area contributed by atoms with E-state index in [1.165, 1.54) is 4.90 Å². The maximum Gasteiger partial charge on any atom is 0.318 e. The third-order valence-corrected chi connectivity index (χ3v) is 3.75. The van der Waals surface area contributed by atoms with Crippen molar-refractivity contribution < 1.29 is 14.1 Å². The first kappa shape index (κ1) is 18.8. The van der Waals surface area contributed by atoms with Crippen LogP contribution in [0.2, 0.25) is 0 Å². The van der Waals surface area contributed by atoms with Gasteiger partial charge in [-0.3, -0.25) is 0 Å². The lowest BCUT2D eigenvalue weighted by Gasteiger charge is -2.20. The maximum atomic E-state index is 12.4. The third-order valence-electron chi connectivity index (χ3n) is 3.75. The van der Waals surface area contributed by atoms with Crippen molar-refractivity contribution in [1.82, 2.24) is 20.4 Å². The highest BCUT2D eigenvalue weighted by Crippen LogP contribution is 2.19. The van der Waals surface area contributed by atoms with Gasteiger partial charge in [-0.15, -0.1) is 0 Å². The van der Waals surface area contributed by atoms with E-state index in [1.807, 2.05) is 31.2 Å². The van der Waals surface area contributed by atoms with Crippen molar-refractivity contribution >= 4 is 6.03 Å². The van der Waals surface area contributed by atoms with Crippen molar-refractivity contribution in [3.8, 4) is 5.75 Å². The third kappa shape index (κ3) is 5.48. The van der Waals surface area contributed by atoms with Gasteiger partial charge in [0.15, 0.2) is 5.82 Å². The molecule has 2 rings (SSSR count). The van der Waals surface area contributed by atoms with Gasteiger partial charge in [0.25, 0.3) is 0 Å². The molecule has 1 atom stereocenters. The van der Waals surface area contributed by atoms with Crippen molar-refractivity contribution in [1.29, 1.82) is 0 Å². The molecular formula is C18H26N4O3. The standard InChI is InChI=1S/C18H26N4O3/c1-12(2)9-17-20-16(21-25-17)11-22(4)18(23)19-13(3)14-7-6-8-15(10-14)24-5/h6-8,10,12-13H,9,11H2,1-5H3,(H,19,23). The molecule has 0 fully saturated rings. The smallest absolute Gasteiger partial charge is 0.318 e. The molecule has 1 N–H and O–H groups in total. The first-order valence-corrected chi connectivity index (χ1v) is 8.36. The van der Waals surface area contributed by atoms with Crippen LogP contribution in [0.4, 0.5) is 4.79 Å². The first-order chi connectivity index (χ1) is 11.9. The van der Waals surface area contributed by atoms with E-state index in [2.05, 4.69) is 29.3 Å². The van der Waals surface area contributed by atoms with Crippen LogP contribution in [0.25, 0.3) is 0 Å². The number of benzene rings is 1. The molecule has 0 saturated carbocycles. The van der Waals surface area contributed by atoms with E-state index in [4.69, 9.17) is 9.26 Å². The monoisotopic (exact) mass is 346 g/mol. The van der Waals surface area contributed by atoms with Crippen LogP contribution in [0.15, 0.2) is 28.8 Å². The minimum atomic E-state index is -0.203. The molecule has 7 heteroatoms. The summed E-state index contributed by atoms with van der Waals surface area (Å²) < 4.78 is 10.4. The number of nitrogens with one attached hydrogen (secondary N) is 1. The minimum absolute atomic E-state index is 0.146. The highest BCUT2D eigenvalue weighted by Gasteiger charge is 2.17. The van der Waals surface area contributed by atoms with E-state index in [9.17, 15) is 4.79 Å². The van der Waals surface area contributed by atoms with Crippen molar-refractivity contribution in [3.63, 3.8) is 0 Å². The van der Waals surface area contributed by atoms with Crippen LogP contribution in [0.3, 0.4) is 0 Å². The second-order valence-electron chi connectivity index (χ2n) is 6.51. The SMILES string of the molecule is COc1cccc(C(C)NC(=O)N(C)Cc2noc(CC(C)C)n2)c1. The Morgan fingerprint density at radius 1 is 1.36 bits per heavy atom. The van der Waals surface area contributed by atoms with Gasteiger partial charge < -0.3 is 19.5 Å². The van der Waals surface area contributed by atoms with Crippen LogP contribution in [0.5, 0.6) is 5.75 Å². The summed E-state index contributed by atoms with van der Waals surface area (Å²) in [4.78, 5) is 18.2. The van der Waals surface area contributed by atoms with Gasteiger partial charge in [0.1, 0.15) is 5.75 Å². The van der Waals surface area contributed by atoms with Gasteiger partial charge in [-0.25, -0.2) is 4.79 Å². The fraction of sp³-hybridized carbons (Fsp3) is 0.500. The van der Waals surface area contributed by atoms with Crippen LogP contribution >= 0.6 is 0 Å². The van der Waals surface area contributed by atoms with Crippen molar-refractivity contribution in [2.75, 3.05) is 14.2 Å². The van der Waals surface area contributed by atoms with E-state index < -0.39 is 0 Å². The molecule has 2 amide bonds. The molecule has 136 valence electrons. The topological polar surface area (TPSA) is 80.5 Å². The summed E-state index contributed by atoms with van der Waals surface area (Å²) in [6, 6.07) is 7.27. The predicted octanol–water partition coefficient (Wildman–Crippen LogP) is 3.18. The molecule has 25 heavy (non-hydrogen) atoms. The Balaban J connectivity index is 1.91. The van der Waals surface area contributed by atoms with Crippen LogP contribution in [0, 0.1) is 5.92 Å². The zero-order chi connectivity index (χ0) is 18.4. The summed E-state index contributed by atoms with van der Waals surface area (Å²) in [6.45, 7) is 6.39. The zero-order valence-electron chi connectivity index (χ0n) is 15.4. The van der Waals surface area contributed by atoms with E-state index >= 15 is 0 Å². The molecule has 1 unspecified atom stereocenters. The molecule has 0 aliphatic heterocycles. The lowest BCUT2D eigenvalue weighted by atomic mass is 10.1. The fourth-order valence-electron chi connectivity index (χ4n) is 2.36. The molecule has 1 heterocycles. The van der Waals surface area contributed by atoms with Crippen molar-refractivity contribution in [2.45, 2.75) is 39.8 Å². The van der Waals surface area contributed by atoms with Crippen LogP contribution in [-0.2, 0) is 13.0 Å². The number of carbonyl (C=O) groups excluding carboxylic acids is 1. The van der Waals surface area contributed by atoms with Crippen LogP contribution < -0.4 is 10.1 Å². The number of nitrogens with zero attached hydrogens (tertiary/aromatic N) is 3. The van der Waals surface area contributed by atoms with E-state index in [0.717, 1.165) is 17.7 Å². The molecule has 1 aromatic carbocycles. The second kappa shape index (κ2) is 8.50. The Morgan fingerprint density at radius 3 is 2.80 bits per heavy atom. The Kier molecular flexibility index (Phi) is 6.38. The van der Waals surface area contributed by atoms with Gasteiger partial charge in [-0.1, -0.05) is 31.1 Å². The molecule has 0 saturated heterocycles. The van der Waals surface area contributed by atoms with Crippen LogP contribution in [0.1, 0.15) is 44.1 Å². The number of hydrogen-bond donors (Lipinski definition) is 1. The molecule has 0 radical (unpaired) electrons. The number of ether oxygens (including phenoxy) is 1. The van der Waals surface area contributed by atoms with Gasteiger partial charge in [-0.2, -0.15) is 4.98 Å². The Hall–Kier alpha value is -2.57. The predicted molar refractivity (Wildman–Crippen MR) is 94.2 cm³/mol. The normalized spacial score (nSPS) is 12.1. The van der Waals surface area contributed by atoms with Gasteiger partial charge in [-0.05, 0) is 30.5 Å². The molecular weight excluding hydrogens is 320 g/mol. The molecule has 7 nitrogen and oxygen atoms in total. The fourth-order valence-corrected chi connectivity index (χ4v) is 2.36. The van der Waals surface area contributed by atoms with E-state index in [0.29, 0.717) is 17.6 Å². The first-order valence-electron chi connectivity index (χ1n) is 8.36. The number of methoxy groups -OCH3 is 1. The summed E-state index contributed by atoms with van der Waals surface area (Å²) in [5.41, 5.74) is 0.972. The molecule has 1 aromatic heterocycles. The molecule has 0 bridgehead atoms. The lowest BCUT2D eigenvalue weighted by Crippen LogP contribution is -2.38. The Labute approximate surface area is 148 Å². The zero-order valence-corrected chi connectivity index (χ0v) is 15.4. The Morgan fingerprint density at radius 2 is 2.12 bits per heavy atom. The highest BCUT2D eigenvalue weighted by atomic mass is 16.5. The lowest BCUT2D eigenvalue weighted by molar-refractivity contribution is 0.202. The van der Waals surface area contributed by atoms with Crippen LogP contribution in [-0.4, -0.2) is 35.2 Å². The number of rotatable bonds is 7. The van der Waals surface area contributed by atoms with Gasteiger partial charge in [0.2, 0.25) is 5.89 Å². The van der Waals surface area contributed by atoms with Gasteiger partial charge >= 0.3 is 6.03 Å². The number of urea groups is 1. The quantitative estimate of drug-likeness (QED) is 0.833. The highest BCUT2D eigenvalue weighted by molar-refractivity contribution is 5.74. The second-order valence-corrected chi connectivity index (χ2v) is 6.51. The summed E-state index contributed by atoms with van der Waals surface area (Å²) in [5, 5.41) is 6.88. The average Bonchev–Trinajstić information content (AvgIpc) is 3.00. The van der Waals surface area contributed by atoms with E-state index in [-0.39, 0.29) is 18.6 Å². The minimum Gasteiger partial charge on any atom is -0.497 e. The summed E-state index contributed by atoms with van der Waals surface area (Å²) >= 11 is 0. The van der Waals surface area contributed by atoms with E-state index in [1.54, 1.807) is 14.2 Å². The molecule has 2 aromatic rings. The average molecular weight is 346 g/mol. The molecule has 0 spiro atoms. The maximum absolute atomic E-state index is 12.4. The number of carbonyl (C=O) groups is 1. The summed E-state index contributed by atoms with van der Waals surface area (Å²) in [6.07, 6.45) is 0.732. The van der Waals surface area contributed by atoms with Gasteiger partial charge in [0.05, 0.1) is 19.7 Å². The number of amides is 2. The number of aromatic nitrogens is 2. The van der Waals surface area contributed by atoms with Gasteiger partial charge in [0, 0.05) is 13.5 Å². The number of hydrogen-bond acceptors (Lipinski definition) is 5. The molecule has 0 aliphatic carbocycles. The van der Waals surface area contributed by atoms with Crippen molar-refractivity contribution in [3.05, 3.63) is 41.5 Å². The summed E-state index contributed by atoms with van der Waals surface area (Å²) in [7, 11) is 3.32. The largest absolute Gasteiger partial charge is 0.497 e. The Bertz CT molecular complexity index is 699.